The second kappa shape index (κ2) is 10.1. The average Bonchev–Trinajstić information content (AvgIpc) is 3.53. The van der Waals surface area contributed by atoms with Crippen LogP contribution in [0.15, 0.2) is 58.4 Å². The summed E-state index contributed by atoms with van der Waals surface area (Å²) < 4.78 is 7.48. The number of rotatable bonds is 10. The Morgan fingerprint density at radius 2 is 2.03 bits per heavy atom. The predicted octanol–water partition coefficient (Wildman–Crippen LogP) is 4.88. The number of primary amides is 1. The summed E-state index contributed by atoms with van der Waals surface area (Å²) in [4.78, 5) is 17.0. The summed E-state index contributed by atoms with van der Waals surface area (Å²) in [7, 11) is 0. The number of thiazole rings is 1. The van der Waals surface area contributed by atoms with Crippen LogP contribution in [0, 0.1) is 0 Å². The lowest BCUT2D eigenvalue weighted by Crippen LogP contribution is -2.14. The zero-order valence-corrected chi connectivity index (χ0v) is 19.7. The van der Waals surface area contributed by atoms with Crippen LogP contribution in [0.3, 0.4) is 0 Å². The fraction of sp³-hybridized carbons (Fsp3) is 0.304. The molecule has 0 fully saturated rings. The molecule has 0 aliphatic heterocycles. The normalized spacial score (nSPS) is 11.3. The van der Waals surface area contributed by atoms with Crippen LogP contribution in [0.5, 0.6) is 0 Å². The molecule has 2 N–H and O–H groups in total. The first-order chi connectivity index (χ1) is 15.5. The molecule has 0 radical (unpaired) electrons. The molecule has 7 nitrogen and oxygen atoms in total. The second-order valence-corrected chi connectivity index (χ2v) is 9.79. The third-order valence-corrected chi connectivity index (χ3v) is 7.25. The van der Waals surface area contributed by atoms with Crippen molar-refractivity contribution < 1.29 is 9.21 Å². The van der Waals surface area contributed by atoms with Gasteiger partial charge < -0.3 is 10.2 Å². The van der Waals surface area contributed by atoms with Crippen molar-refractivity contribution in [1.29, 1.82) is 0 Å². The predicted molar refractivity (Wildman–Crippen MR) is 127 cm³/mol. The summed E-state index contributed by atoms with van der Waals surface area (Å²) in [5.41, 5.74) is 7.77. The molecular weight excluding hydrogens is 442 g/mol. The smallest absolute Gasteiger partial charge is 0.217 e. The van der Waals surface area contributed by atoms with Crippen molar-refractivity contribution in [1.82, 2.24) is 19.7 Å². The first kappa shape index (κ1) is 22.3. The van der Waals surface area contributed by atoms with Crippen LogP contribution in [-0.4, -0.2) is 25.7 Å². The number of carbonyl (C=O) groups is 1. The number of nitrogens with two attached hydrogens (primary N) is 1. The van der Waals surface area contributed by atoms with E-state index in [4.69, 9.17) is 10.2 Å². The molecule has 0 spiro atoms. The number of amides is 1. The van der Waals surface area contributed by atoms with Gasteiger partial charge in [-0.05, 0) is 23.6 Å². The molecule has 166 valence electrons. The molecule has 0 aliphatic rings. The Labute approximate surface area is 195 Å². The van der Waals surface area contributed by atoms with Crippen LogP contribution >= 0.6 is 23.1 Å². The summed E-state index contributed by atoms with van der Waals surface area (Å²) in [6.45, 7) is 4.89. The number of aryl methyl sites for hydroxylation is 1. The van der Waals surface area contributed by atoms with Gasteiger partial charge in [-0.1, -0.05) is 49.9 Å². The number of furan rings is 1. The summed E-state index contributed by atoms with van der Waals surface area (Å²) in [6.07, 6.45) is 4.24. The minimum atomic E-state index is -0.356. The van der Waals surface area contributed by atoms with E-state index in [0.29, 0.717) is 18.9 Å². The monoisotopic (exact) mass is 467 g/mol. The molecule has 1 amide bonds. The number of nitrogens with zero attached hydrogens (tertiary/aromatic N) is 4. The van der Waals surface area contributed by atoms with Crippen LogP contribution in [-0.2, 0) is 23.5 Å². The van der Waals surface area contributed by atoms with E-state index in [-0.39, 0.29) is 12.3 Å². The van der Waals surface area contributed by atoms with Gasteiger partial charge in [-0.3, -0.25) is 9.36 Å². The second-order valence-electron chi connectivity index (χ2n) is 7.73. The number of benzene rings is 1. The zero-order valence-electron chi connectivity index (χ0n) is 18.0. The van der Waals surface area contributed by atoms with Crippen molar-refractivity contribution in [2.75, 3.05) is 0 Å². The van der Waals surface area contributed by atoms with E-state index in [0.717, 1.165) is 37.9 Å². The van der Waals surface area contributed by atoms with Crippen molar-refractivity contribution in [2.45, 2.75) is 50.1 Å². The van der Waals surface area contributed by atoms with Gasteiger partial charge in [0.15, 0.2) is 5.16 Å². The fourth-order valence-corrected chi connectivity index (χ4v) is 5.11. The molecule has 9 heteroatoms. The lowest BCUT2D eigenvalue weighted by molar-refractivity contribution is -0.118. The number of carbonyl (C=O) groups excluding carboxylic acids is 1. The highest BCUT2D eigenvalue weighted by atomic mass is 32.2. The highest BCUT2D eigenvalue weighted by Gasteiger charge is 2.16. The third kappa shape index (κ3) is 5.46. The summed E-state index contributed by atoms with van der Waals surface area (Å²) in [6, 6.07) is 12.4. The van der Waals surface area contributed by atoms with Gasteiger partial charge in [-0.15, -0.1) is 21.5 Å². The molecule has 32 heavy (non-hydrogen) atoms. The Kier molecular flexibility index (Phi) is 7.06. The van der Waals surface area contributed by atoms with E-state index >= 15 is 0 Å². The molecule has 4 aromatic rings. The van der Waals surface area contributed by atoms with Gasteiger partial charge in [0.2, 0.25) is 5.91 Å². The van der Waals surface area contributed by atoms with E-state index in [9.17, 15) is 4.79 Å². The Morgan fingerprint density at radius 1 is 1.22 bits per heavy atom. The summed E-state index contributed by atoms with van der Waals surface area (Å²) in [5, 5.41) is 10.4. The number of hydrogen-bond donors (Lipinski definition) is 1. The zero-order chi connectivity index (χ0) is 22.5. The SMILES string of the molecule is CC(C)c1ccc(-c2ncc(CSc3nnc(CCC(N)=O)n3Cc3ccco3)s2)cc1. The minimum absolute atomic E-state index is 0.231. The maximum Gasteiger partial charge on any atom is 0.217 e. The average molecular weight is 468 g/mol. The standard InChI is InChI=1S/C23H25N5O2S2/c1-15(2)16-5-7-17(8-6-16)22-25-12-19(32-22)14-31-23-27-26-21(10-9-20(24)29)28(23)13-18-4-3-11-30-18/h3-8,11-12,15H,9-10,13-14H2,1-2H3,(H2,24,29). The van der Waals surface area contributed by atoms with Gasteiger partial charge in [0.05, 0.1) is 12.8 Å². The van der Waals surface area contributed by atoms with E-state index < -0.39 is 0 Å². The highest BCUT2D eigenvalue weighted by Crippen LogP contribution is 2.31. The molecule has 0 unspecified atom stereocenters. The Morgan fingerprint density at radius 3 is 2.72 bits per heavy atom. The van der Waals surface area contributed by atoms with Crippen molar-refractivity contribution in [2.24, 2.45) is 5.73 Å². The largest absolute Gasteiger partial charge is 0.467 e. The lowest BCUT2D eigenvalue weighted by Gasteiger charge is -2.08. The maximum atomic E-state index is 11.2. The van der Waals surface area contributed by atoms with Gasteiger partial charge in [0, 0.05) is 35.2 Å². The maximum absolute atomic E-state index is 11.2. The molecule has 3 aromatic heterocycles. The van der Waals surface area contributed by atoms with Gasteiger partial charge in [0.1, 0.15) is 16.6 Å². The fourth-order valence-electron chi connectivity index (χ4n) is 3.22. The molecular formula is C23H25N5O2S2. The molecule has 3 heterocycles. The lowest BCUT2D eigenvalue weighted by atomic mass is 10.0. The molecule has 0 atom stereocenters. The van der Waals surface area contributed by atoms with Crippen molar-refractivity contribution >= 4 is 29.0 Å². The molecule has 0 saturated carbocycles. The third-order valence-electron chi connectivity index (χ3n) is 5.00. The van der Waals surface area contributed by atoms with Crippen LogP contribution in [0.2, 0.25) is 0 Å². The topological polar surface area (TPSA) is 99.8 Å². The van der Waals surface area contributed by atoms with Crippen LogP contribution in [0.4, 0.5) is 0 Å². The van der Waals surface area contributed by atoms with Crippen molar-refractivity contribution in [3.63, 3.8) is 0 Å². The van der Waals surface area contributed by atoms with Crippen LogP contribution < -0.4 is 5.73 Å². The van der Waals surface area contributed by atoms with Gasteiger partial charge >= 0.3 is 0 Å². The van der Waals surface area contributed by atoms with Crippen LogP contribution in [0.1, 0.15) is 48.2 Å². The van der Waals surface area contributed by atoms with Gasteiger partial charge in [-0.2, -0.15) is 0 Å². The number of thioether (sulfide) groups is 1. The van der Waals surface area contributed by atoms with E-state index in [1.54, 1.807) is 29.4 Å². The Hall–Kier alpha value is -2.91. The summed E-state index contributed by atoms with van der Waals surface area (Å²) in [5.74, 6) is 2.41. The Balaban J connectivity index is 1.47. The quantitative estimate of drug-likeness (QED) is 0.334. The van der Waals surface area contributed by atoms with E-state index in [1.165, 1.54) is 5.56 Å². The van der Waals surface area contributed by atoms with Gasteiger partial charge in [0.25, 0.3) is 0 Å². The van der Waals surface area contributed by atoms with Gasteiger partial charge in [-0.25, -0.2) is 4.98 Å². The number of hydrogen-bond acceptors (Lipinski definition) is 7. The summed E-state index contributed by atoms with van der Waals surface area (Å²) >= 11 is 3.28. The van der Waals surface area contributed by atoms with Crippen molar-refractivity contribution in [3.8, 4) is 10.6 Å². The molecule has 0 aliphatic carbocycles. The molecule has 0 bridgehead atoms. The number of aromatic nitrogens is 4. The first-order valence-electron chi connectivity index (χ1n) is 10.4. The minimum Gasteiger partial charge on any atom is -0.467 e. The van der Waals surface area contributed by atoms with E-state index in [1.807, 2.05) is 22.9 Å². The van der Waals surface area contributed by atoms with Crippen LogP contribution in [0.25, 0.3) is 10.6 Å². The first-order valence-corrected chi connectivity index (χ1v) is 12.2. The van der Waals surface area contributed by atoms with E-state index in [2.05, 4.69) is 53.3 Å². The highest BCUT2D eigenvalue weighted by molar-refractivity contribution is 7.98. The molecule has 0 saturated heterocycles. The molecule has 4 rings (SSSR count). The Bertz CT molecular complexity index is 1160. The van der Waals surface area contributed by atoms with Crippen molar-refractivity contribution in [3.05, 3.63) is 70.9 Å². The molecule has 1 aromatic carbocycles.